The Morgan fingerprint density at radius 1 is 1.26 bits per heavy atom. The molecule has 1 aromatic heterocycles. The number of alkyl halides is 3. The van der Waals surface area contributed by atoms with E-state index < -0.39 is 35.6 Å². The predicted octanol–water partition coefficient (Wildman–Crippen LogP) is 3.50. The number of carbonyl (C=O) groups excluding carboxylic acids is 3. The highest BCUT2D eigenvalue weighted by atomic mass is 35.5. The zero-order chi connectivity index (χ0) is 23.7. The van der Waals surface area contributed by atoms with Crippen molar-refractivity contribution in [3.05, 3.63) is 51.6 Å². The van der Waals surface area contributed by atoms with Crippen molar-refractivity contribution in [1.82, 2.24) is 9.88 Å². The fourth-order valence-electron chi connectivity index (χ4n) is 2.71. The molecule has 0 radical (unpaired) electrons. The first-order chi connectivity index (χ1) is 14.3. The number of hydrogen-bond acceptors (Lipinski definition) is 4. The topological polar surface area (TPSA) is 104 Å². The van der Waals surface area contributed by atoms with Crippen LogP contribution in [0.1, 0.15) is 38.9 Å². The molecule has 0 saturated carbocycles. The number of nitriles is 1. The lowest BCUT2D eigenvalue weighted by Gasteiger charge is -2.16. The maximum atomic E-state index is 13.4. The van der Waals surface area contributed by atoms with Crippen LogP contribution in [0.3, 0.4) is 0 Å². The van der Waals surface area contributed by atoms with Gasteiger partial charge in [0.2, 0.25) is 0 Å². The van der Waals surface area contributed by atoms with Gasteiger partial charge in [0.25, 0.3) is 17.6 Å². The Kier molecular flexibility index (Phi) is 6.76. The van der Waals surface area contributed by atoms with Gasteiger partial charge in [0, 0.05) is 12.7 Å². The monoisotopic (exact) mass is 458 g/mol. The fraction of sp³-hybridized carbons (Fsp3) is 0.263. The number of amides is 2. The maximum absolute atomic E-state index is 13.4. The van der Waals surface area contributed by atoms with Crippen LogP contribution in [0.5, 0.6) is 0 Å². The van der Waals surface area contributed by atoms with E-state index in [1.807, 2.05) is 0 Å². The summed E-state index contributed by atoms with van der Waals surface area (Å²) in [6.45, 7) is 1.97. The predicted molar refractivity (Wildman–Crippen MR) is 102 cm³/mol. The molecular weight excluding hydrogens is 444 g/mol. The first-order valence-corrected chi connectivity index (χ1v) is 8.95. The first-order valence-electron chi connectivity index (χ1n) is 8.57. The van der Waals surface area contributed by atoms with Crippen LogP contribution < -0.4 is 10.6 Å². The normalized spacial score (nSPS) is 12.1. The standard InChI is InChI=1S/C19H15ClF4N4O3/c1-8-13(17(30)27-11-4-5-12(21)10(6-11)7-25)16(20)28(3)14(8)15(29)18(31)26-9(2)19(22,23)24/h4-6,9H,1-3H3,(H,26,31)(H,27,30). The summed E-state index contributed by atoms with van der Waals surface area (Å²) < 4.78 is 52.4. The van der Waals surface area contributed by atoms with Crippen molar-refractivity contribution in [2.45, 2.75) is 26.1 Å². The third-order valence-electron chi connectivity index (χ3n) is 4.40. The van der Waals surface area contributed by atoms with Crippen LogP contribution in [-0.2, 0) is 11.8 Å². The molecule has 0 aliphatic carbocycles. The number of carbonyl (C=O) groups is 3. The van der Waals surface area contributed by atoms with Gasteiger partial charge in [-0.2, -0.15) is 18.4 Å². The van der Waals surface area contributed by atoms with E-state index in [4.69, 9.17) is 16.9 Å². The Morgan fingerprint density at radius 3 is 2.42 bits per heavy atom. The molecule has 31 heavy (non-hydrogen) atoms. The molecule has 12 heteroatoms. The van der Waals surface area contributed by atoms with E-state index in [-0.39, 0.29) is 33.2 Å². The van der Waals surface area contributed by atoms with Crippen molar-refractivity contribution in [2.75, 3.05) is 5.32 Å². The lowest BCUT2D eigenvalue weighted by atomic mass is 10.1. The van der Waals surface area contributed by atoms with Crippen molar-refractivity contribution in [3.8, 4) is 6.07 Å². The molecule has 0 saturated heterocycles. The summed E-state index contributed by atoms with van der Waals surface area (Å²) in [5, 5.41) is 12.6. The molecule has 1 heterocycles. The van der Waals surface area contributed by atoms with E-state index in [2.05, 4.69) is 5.32 Å². The van der Waals surface area contributed by atoms with Crippen molar-refractivity contribution >= 4 is 34.9 Å². The summed E-state index contributed by atoms with van der Waals surface area (Å²) in [6.07, 6.45) is -4.75. The molecule has 1 atom stereocenters. The van der Waals surface area contributed by atoms with Gasteiger partial charge in [-0.1, -0.05) is 11.6 Å². The molecule has 2 rings (SSSR count). The minimum Gasteiger partial charge on any atom is -0.338 e. The lowest BCUT2D eigenvalue weighted by molar-refractivity contribution is -0.156. The van der Waals surface area contributed by atoms with Crippen LogP contribution >= 0.6 is 11.6 Å². The number of nitrogens with one attached hydrogen (secondary N) is 2. The Bertz CT molecular complexity index is 1120. The van der Waals surface area contributed by atoms with Crippen LogP contribution in [0, 0.1) is 24.1 Å². The van der Waals surface area contributed by atoms with Crippen LogP contribution in [-0.4, -0.2) is 34.4 Å². The van der Waals surface area contributed by atoms with Crippen molar-refractivity contribution < 1.29 is 31.9 Å². The first kappa shape index (κ1) is 23.9. The lowest BCUT2D eigenvalue weighted by Crippen LogP contribution is -2.46. The number of anilines is 1. The number of Topliss-reactive ketones (excluding diaryl/α,β-unsaturated/α-hetero) is 1. The van der Waals surface area contributed by atoms with E-state index in [1.54, 1.807) is 11.4 Å². The smallest absolute Gasteiger partial charge is 0.338 e. The van der Waals surface area contributed by atoms with Crippen LogP contribution in [0.2, 0.25) is 5.15 Å². The Morgan fingerprint density at radius 2 is 1.87 bits per heavy atom. The van der Waals surface area contributed by atoms with E-state index in [0.29, 0.717) is 6.92 Å². The zero-order valence-electron chi connectivity index (χ0n) is 16.3. The van der Waals surface area contributed by atoms with E-state index in [0.717, 1.165) is 16.7 Å². The van der Waals surface area contributed by atoms with E-state index >= 15 is 0 Å². The number of nitrogens with zero attached hydrogens (tertiary/aromatic N) is 2. The molecule has 0 aliphatic heterocycles. The van der Waals surface area contributed by atoms with Gasteiger partial charge < -0.3 is 15.2 Å². The molecule has 1 unspecified atom stereocenters. The number of halogens is 5. The third-order valence-corrected chi connectivity index (χ3v) is 4.84. The highest BCUT2D eigenvalue weighted by molar-refractivity contribution is 6.44. The molecule has 7 nitrogen and oxygen atoms in total. The Balaban J connectivity index is 2.35. The molecule has 2 aromatic rings. The second-order valence-electron chi connectivity index (χ2n) is 6.52. The molecule has 0 aliphatic rings. The molecule has 1 aromatic carbocycles. The van der Waals surface area contributed by atoms with Gasteiger partial charge in [-0.25, -0.2) is 4.39 Å². The number of rotatable bonds is 5. The van der Waals surface area contributed by atoms with Crippen LogP contribution in [0.25, 0.3) is 0 Å². The number of benzene rings is 1. The molecular formula is C19H15ClF4N4O3. The zero-order valence-corrected chi connectivity index (χ0v) is 17.1. The fourth-order valence-corrected chi connectivity index (χ4v) is 3.02. The summed E-state index contributed by atoms with van der Waals surface area (Å²) in [6, 6.07) is 2.59. The van der Waals surface area contributed by atoms with Crippen LogP contribution in [0.4, 0.5) is 23.2 Å². The highest BCUT2D eigenvalue weighted by Gasteiger charge is 2.39. The largest absolute Gasteiger partial charge is 0.408 e. The van der Waals surface area contributed by atoms with Gasteiger partial charge in [0.1, 0.15) is 23.1 Å². The van der Waals surface area contributed by atoms with Gasteiger partial charge in [-0.3, -0.25) is 14.4 Å². The summed E-state index contributed by atoms with van der Waals surface area (Å²) in [5.74, 6) is -4.46. The third kappa shape index (κ3) is 4.86. The molecule has 0 spiro atoms. The molecule has 164 valence electrons. The average molecular weight is 459 g/mol. The van der Waals surface area contributed by atoms with E-state index in [9.17, 15) is 31.9 Å². The highest BCUT2D eigenvalue weighted by Crippen LogP contribution is 2.28. The van der Waals surface area contributed by atoms with Gasteiger partial charge >= 0.3 is 6.18 Å². The van der Waals surface area contributed by atoms with Gasteiger partial charge in [-0.15, -0.1) is 0 Å². The summed E-state index contributed by atoms with van der Waals surface area (Å²) >= 11 is 6.12. The maximum Gasteiger partial charge on any atom is 0.408 e. The molecule has 2 amide bonds. The second kappa shape index (κ2) is 8.77. The van der Waals surface area contributed by atoms with Gasteiger partial charge in [0.05, 0.1) is 16.8 Å². The Hall–Kier alpha value is -3.39. The molecule has 0 fully saturated rings. The van der Waals surface area contributed by atoms with Crippen molar-refractivity contribution in [3.63, 3.8) is 0 Å². The average Bonchev–Trinajstić information content (AvgIpc) is 2.90. The van der Waals surface area contributed by atoms with Crippen molar-refractivity contribution in [2.24, 2.45) is 7.05 Å². The molecule has 2 N–H and O–H groups in total. The van der Waals surface area contributed by atoms with Gasteiger partial charge in [0.15, 0.2) is 0 Å². The van der Waals surface area contributed by atoms with Crippen molar-refractivity contribution in [1.29, 1.82) is 5.26 Å². The van der Waals surface area contributed by atoms with Crippen LogP contribution in [0.15, 0.2) is 18.2 Å². The quantitative estimate of drug-likeness (QED) is 0.406. The van der Waals surface area contributed by atoms with Gasteiger partial charge in [-0.05, 0) is 37.6 Å². The number of hydrogen-bond donors (Lipinski definition) is 2. The second-order valence-corrected chi connectivity index (χ2v) is 6.88. The molecule has 0 bridgehead atoms. The SMILES string of the molecule is Cc1c(C(=O)Nc2ccc(F)c(C#N)c2)c(Cl)n(C)c1C(=O)C(=O)NC(C)C(F)(F)F. The number of aromatic nitrogens is 1. The number of ketones is 1. The minimum atomic E-state index is -4.75. The minimum absolute atomic E-state index is 0.0487. The summed E-state index contributed by atoms with van der Waals surface area (Å²) in [5.41, 5.74) is -0.898. The summed E-state index contributed by atoms with van der Waals surface area (Å²) in [4.78, 5) is 37.1. The van der Waals surface area contributed by atoms with E-state index in [1.165, 1.54) is 20.0 Å². The summed E-state index contributed by atoms with van der Waals surface area (Å²) in [7, 11) is 1.26. The Labute approximate surface area is 178 Å².